The van der Waals surface area contributed by atoms with Crippen LogP contribution in [-0.4, -0.2) is 61.1 Å². The number of aliphatic hydroxyl groups is 2. The first kappa shape index (κ1) is 52.1. The normalized spacial score (nSPS) is 12.7. The molecule has 6 rings (SSSR count). The summed E-state index contributed by atoms with van der Waals surface area (Å²) in [6.07, 6.45) is 6.38. The van der Waals surface area contributed by atoms with Gasteiger partial charge in [0.05, 0.1) is 39.8 Å². The Labute approximate surface area is 415 Å². The number of ether oxygens (including phenoxy) is 4. The third kappa shape index (κ3) is 12.7. The summed E-state index contributed by atoms with van der Waals surface area (Å²) in [6, 6.07) is 25.8. The number of aliphatic hydroxyl groups excluding tert-OH is 2. The maximum Gasteiger partial charge on any atom is 0.326 e. The van der Waals surface area contributed by atoms with Gasteiger partial charge in [0.2, 0.25) is 0 Å². The number of carbonyl (C=O) groups is 2. The van der Waals surface area contributed by atoms with Crippen LogP contribution in [-0.2, 0) is 49.0 Å². The number of hydrogen-bond donors (Lipinski definition) is 5. The highest BCUT2D eigenvalue weighted by Crippen LogP contribution is 2.39. The fourth-order valence-corrected chi connectivity index (χ4v) is 7.76. The van der Waals surface area contributed by atoms with E-state index in [0.717, 1.165) is 33.4 Å². The highest BCUT2D eigenvalue weighted by Gasteiger charge is 2.33. The Morgan fingerprint density at radius 2 is 1.10 bits per heavy atom. The van der Waals surface area contributed by atoms with Crippen LogP contribution in [0.3, 0.4) is 0 Å². The van der Waals surface area contributed by atoms with Crippen LogP contribution in [0.25, 0.3) is 11.1 Å². The minimum atomic E-state index is -1.64. The van der Waals surface area contributed by atoms with Gasteiger partial charge in [-0.25, -0.2) is 0 Å². The molecule has 362 valence electrons. The van der Waals surface area contributed by atoms with Crippen molar-refractivity contribution in [1.29, 1.82) is 10.5 Å². The minimum Gasteiger partial charge on any atom is -0.488 e. The summed E-state index contributed by atoms with van der Waals surface area (Å²) in [7, 11) is 0. The molecule has 0 aliphatic carbocycles. The Morgan fingerprint density at radius 3 is 1.54 bits per heavy atom. The van der Waals surface area contributed by atoms with Crippen molar-refractivity contribution in [2.75, 3.05) is 13.2 Å². The third-order valence-electron chi connectivity index (χ3n) is 12.1. The Bertz CT molecular complexity index is 2780. The lowest BCUT2D eigenvalue weighted by Gasteiger charge is -2.25. The molecule has 0 saturated carbocycles. The zero-order chi connectivity index (χ0) is 50.6. The number of nitriles is 2. The van der Waals surface area contributed by atoms with E-state index >= 15 is 0 Å². The topological polar surface area (TPSA) is 237 Å². The lowest BCUT2D eigenvalue weighted by molar-refractivity contribution is -0.150. The number of aryl methyl sites for hydroxylation is 1. The van der Waals surface area contributed by atoms with Crippen LogP contribution in [0.4, 0.5) is 0 Å². The largest absolute Gasteiger partial charge is 0.488 e. The number of carboxylic acids is 2. The number of benzene rings is 4. The molecule has 2 aromatic heterocycles. The number of nitrogens with one attached hydrogen (secondary N) is 1. The van der Waals surface area contributed by atoms with E-state index in [1.165, 1.54) is 26.2 Å². The summed E-state index contributed by atoms with van der Waals surface area (Å²) >= 11 is 13.6. The highest BCUT2D eigenvalue weighted by atomic mass is 35.5. The molecule has 4 aromatic carbocycles. The van der Waals surface area contributed by atoms with Gasteiger partial charge in [-0.15, -0.1) is 0 Å². The van der Waals surface area contributed by atoms with Crippen LogP contribution in [0.5, 0.6) is 23.0 Å². The number of hydrogen-bond acceptors (Lipinski definition) is 13. The summed E-state index contributed by atoms with van der Waals surface area (Å²) < 4.78 is 25.1. The summed E-state index contributed by atoms with van der Waals surface area (Å²) in [5, 5.41) is 61.4. The molecule has 2 heterocycles. The fraction of sp³-hybridized carbons (Fsp3) is 0.283. The van der Waals surface area contributed by atoms with Gasteiger partial charge in [-0.2, -0.15) is 10.5 Å². The van der Waals surface area contributed by atoms with Gasteiger partial charge in [0.1, 0.15) is 67.1 Å². The maximum absolute atomic E-state index is 12.0. The van der Waals surface area contributed by atoms with Crippen molar-refractivity contribution < 1.29 is 49.0 Å². The van der Waals surface area contributed by atoms with Crippen LogP contribution >= 0.6 is 23.2 Å². The molecule has 70 heavy (non-hydrogen) atoms. The molecule has 2 atom stereocenters. The lowest BCUT2D eigenvalue weighted by atomic mass is 9.85. The molecule has 0 aliphatic rings. The third-order valence-corrected chi connectivity index (χ3v) is 12.7. The summed E-state index contributed by atoms with van der Waals surface area (Å²) in [5.41, 5.74) is 5.69. The number of carboxylic acid groups (broad SMARTS) is 2. The van der Waals surface area contributed by atoms with Gasteiger partial charge in [0.15, 0.2) is 0 Å². The van der Waals surface area contributed by atoms with Gasteiger partial charge < -0.3 is 39.4 Å². The monoisotopic (exact) mass is 987 g/mol. The molecule has 15 nitrogen and oxygen atoms in total. The average Bonchev–Trinajstić information content (AvgIpc) is 3.36. The van der Waals surface area contributed by atoms with Crippen LogP contribution in [0.1, 0.15) is 75.9 Å². The van der Waals surface area contributed by atoms with E-state index in [1.807, 2.05) is 50.2 Å². The van der Waals surface area contributed by atoms with Crippen LogP contribution < -0.4 is 24.3 Å². The van der Waals surface area contributed by atoms with E-state index in [9.17, 15) is 40.5 Å². The zero-order valence-electron chi connectivity index (χ0n) is 38.9. The first-order chi connectivity index (χ1) is 33.5. The van der Waals surface area contributed by atoms with Gasteiger partial charge in [0, 0.05) is 60.2 Å². The molecular weight excluding hydrogens is 938 g/mol. The number of aromatic nitrogens is 2. The Kier molecular flexibility index (Phi) is 17.4. The number of pyridine rings is 2. The first-order valence-electron chi connectivity index (χ1n) is 22.0. The number of nitrogens with zero attached hydrogens (tertiary/aromatic N) is 4. The SMILES string of the molecule is Cc1c(COc2cc(OCc3cncc(C#N)c3)c(CC[C@@](C)(CO)C(=O)O)cc2Cl)cccc1-c1cccc(COc2cc(OCc3cncc(C#N)c3)c(CN[C@@](C)(CO)C(=O)O)cc2Cl)c1C. The Hall–Kier alpha value is -7.24. The van der Waals surface area contributed by atoms with Crippen molar-refractivity contribution >= 4 is 35.1 Å². The molecule has 6 aromatic rings. The van der Waals surface area contributed by atoms with E-state index in [-0.39, 0.29) is 55.9 Å². The van der Waals surface area contributed by atoms with Crippen molar-refractivity contribution in [1.82, 2.24) is 15.3 Å². The van der Waals surface area contributed by atoms with Crippen molar-refractivity contribution in [2.24, 2.45) is 5.41 Å². The molecule has 0 saturated heterocycles. The molecule has 0 bridgehead atoms. The van der Waals surface area contributed by atoms with E-state index in [2.05, 4.69) is 27.4 Å². The molecule has 0 aliphatic heterocycles. The molecule has 17 heteroatoms. The Morgan fingerprint density at radius 1 is 0.629 bits per heavy atom. The summed E-state index contributed by atoms with van der Waals surface area (Å²) in [5.74, 6) is -0.993. The summed E-state index contributed by atoms with van der Waals surface area (Å²) in [4.78, 5) is 32.1. The number of aliphatic carboxylic acids is 2. The van der Waals surface area contributed by atoms with Gasteiger partial charge in [-0.1, -0.05) is 59.6 Å². The maximum atomic E-state index is 12.0. The Balaban J connectivity index is 1.22. The predicted octanol–water partition coefficient (Wildman–Crippen LogP) is 9.07. The number of rotatable bonds is 23. The summed E-state index contributed by atoms with van der Waals surface area (Å²) in [6.45, 7) is 5.97. The second-order valence-electron chi connectivity index (χ2n) is 17.2. The highest BCUT2D eigenvalue weighted by molar-refractivity contribution is 6.32. The predicted molar refractivity (Wildman–Crippen MR) is 261 cm³/mol. The van der Waals surface area contributed by atoms with E-state index < -0.39 is 36.1 Å². The molecule has 0 radical (unpaired) electrons. The van der Waals surface area contributed by atoms with Gasteiger partial charge in [0.25, 0.3) is 0 Å². The second-order valence-corrected chi connectivity index (χ2v) is 18.0. The second kappa shape index (κ2) is 23.4. The van der Waals surface area contributed by atoms with Crippen molar-refractivity contribution in [3.63, 3.8) is 0 Å². The molecule has 5 N–H and O–H groups in total. The first-order valence-corrected chi connectivity index (χ1v) is 22.7. The molecule has 0 unspecified atom stereocenters. The molecule has 0 amide bonds. The average molecular weight is 989 g/mol. The van der Waals surface area contributed by atoms with Gasteiger partial charge in [-0.05, 0) is 104 Å². The van der Waals surface area contributed by atoms with Gasteiger partial charge in [-0.3, -0.25) is 24.9 Å². The number of halogens is 2. The van der Waals surface area contributed by atoms with Crippen LogP contribution in [0.2, 0.25) is 10.0 Å². The van der Waals surface area contributed by atoms with Crippen LogP contribution in [0, 0.1) is 41.9 Å². The molecule has 0 fully saturated rings. The lowest BCUT2D eigenvalue weighted by Crippen LogP contribution is -2.52. The quantitative estimate of drug-likeness (QED) is 0.0402. The molecular formula is C53H51Cl2N5O10. The molecule has 0 spiro atoms. The van der Waals surface area contributed by atoms with Crippen molar-refractivity contribution in [3.8, 4) is 46.3 Å². The van der Waals surface area contributed by atoms with E-state index in [4.69, 9.17) is 42.1 Å². The standard InChI is InChI=1S/C53H51Cl2N5O10/c1-32-39(28-69-48-17-46(67-26-36-13-34(19-56)21-58-23-36)38(15-44(48)54)11-12-52(3,30-61)50(63)64)7-5-9-42(32)43-10-6-8-40(33(43)2)29-70-49-18-47(68-27-37-14-35(20-57)22-59-24-37)41(16-45(49)55)25-60-53(4,31-62)51(65)66/h5-10,13-18,21-24,60-62H,11-12,25-31H2,1-4H3,(H,63,64)(H,65,66)/t52-,53-/m0/s1. The van der Waals surface area contributed by atoms with E-state index in [1.54, 1.807) is 48.8 Å². The van der Waals surface area contributed by atoms with Crippen LogP contribution in [0.15, 0.2) is 97.6 Å². The van der Waals surface area contributed by atoms with Crippen molar-refractivity contribution in [2.45, 2.75) is 79.0 Å². The minimum absolute atomic E-state index is 0.0189. The van der Waals surface area contributed by atoms with E-state index in [0.29, 0.717) is 56.4 Å². The van der Waals surface area contributed by atoms with Gasteiger partial charge >= 0.3 is 11.9 Å². The van der Waals surface area contributed by atoms with Crippen molar-refractivity contribution in [3.05, 3.63) is 163 Å². The fourth-order valence-electron chi connectivity index (χ4n) is 7.28. The smallest absolute Gasteiger partial charge is 0.326 e. The zero-order valence-corrected chi connectivity index (χ0v) is 40.4.